The third-order valence-corrected chi connectivity index (χ3v) is 3.34. The summed E-state index contributed by atoms with van der Waals surface area (Å²) in [6.45, 7) is 0.836. The topological polar surface area (TPSA) is 33.6 Å². The van der Waals surface area contributed by atoms with Crippen molar-refractivity contribution >= 4 is 35.1 Å². The van der Waals surface area contributed by atoms with Crippen LogP contribution in [-0.4, -0.2) is 26.0 Å². The standard InChI is InChI=1S/C11H11N3S2/c1-2-7-16-8-6-14-10-9(13-11(14)15)4-3-5-12-10/h1,3-5H,6-8H2,(H,13,15). The van der Waals surface area contributed by atoms with Gasteiger partial charge in [0.25, 0.3) is 0 Å². The first-order valence-corrected chi connectivity index (χ1v) is 6.44. The summed E-state index contributed by atoms with van der Waals surface area (Å²) in [4.78, 5) is 7.45. The largest absolute Gasteiger partial charge is 0.329 e. The number of hydrogen-bond acceptors (Lipinski definition) is 3. The Hall–Kier alpha value is -1.25. The van der Waals surface area contributed by atoms with E-state index in [9.17, 15) is 0 Å². The fraction of sp³-hybridized carbons (Fsp3) is 0.273. The Labute approximate surface area is 103 Å². The number of nitrogens with one attached hydrogen (secondary N) is 1. The average molecular weight is 249 g/mol. The van der Waals surface area contributed by atoms with Crippen molar-refractivity contribution in [3.05, 3.63) is 23.1 Å². The lowest BCUT2D eigenvalue weighted by atomic mass is 10.4. The van der Waals surface area contributed by atoms with Crippen LogP contribution in [0.4, 0.5) is 0 Å². The molecule has 0 saturated heterocycles. The van der Waals surface area contributed by atoms with Crippen molar-refractivity contribution in [3.63, 3.8) is 0 Å². The molecule has 0 saturated carbocycles. The van der Waals surface area contributed by atoms with Gasteiger partial charge in [0.2, 0.25) is 0 Å². The van der Waals surface area contributed by atoms with E-state index >= 15 is 0 Å². The number of terminal acetylenes is 1. The third kappa shape index (κ3) is 2.29. The lowest BCUT2D eigenvalue weighted by Crippen LogP contribution is -2.01. The van der Waals surface area contributed by atoms with E-state index in [2.05, 4.69) is 15.9 Å². The van der Waals surface area contributed by atoms with Crippen LogP contribution in [-0.2, 0) is 6.54 Å². The van der Waals surface area contributed by atoms with Crippen molar-refractivity contribution in [3.8, 4) is 12.3 Å². The van der Waals surface area contributed by atoms with Crippen molar-refractivity contribution in [2.24, 2.45) is 0 Å². The van der Waals surface area contributed by atoms with E-state index in [0.29, 0.717) is 0 Å². The van der Waals surface area contributed by atoms with Crippen LogP contribution in [0.1, 0.15) is 0 Å². The molecule has 2 aromatic heterocycles. The van der Waals surface area contributed by atoms with Gasteiger partial charge in [0, 0.05) is 18.5 Å². The van der Waals surface area contributed by atoms with E-state index in [-0.39, 0.29) is 0 Å². The lowest BCUT2D eigenvalue weighted by molar-refractivity contribution is 0.775. The highest BCUT2D eigenvalue weighted by atomic mass is 32.2. The molecule has 0 spiro atoms. The normalized spacial score (nSPS) is 10.4. The molecule has 0 radical (unpaired) electrons. The Kier molecular flexibility index (Phi) is 3.65. The molecule has 0 fully saturated rings. The summed E-state index contributed by atoms with van der Waals surface area (Å²) in [5.41, 5.74) is 1.89. The molecule has 2 heterocycles. The summed E-state index contributed by atoms with van der Waals surface area (Å²) < 4.78 is 2.73. The SMILES string of the molecule is C#CCSCCn1c(=S)[nH]c2cccnc21. The van der Waals surface area contributed by atoms with Crippen molar-refractivity contribution < 1.29 is 0 Å². The molecule has 0 unspecified atom stereocenters. The summed E-state index contributed by atoms with van der Waals surface area (Å²) in [5, 5.41) is 0. The number of thioether (sulfide) groups is 1. The van der Waals surface area contributed by atoms with E-state index in [1.54, 1.807) is 18.0 Å². The van der Waals surface area contributed by atoms with Crippen LogP contribution in [0.15, 0.2) is 18.3 Å². The predicted octanol–water partition coefficient (Wildman–Crippen LogP) is 2.46. The molecule has 0 bridgehead atoms. The Morgan fingerprint density at radius 2 is 2.50 bits per heavy atom. The molecule has 0 amide bonds. The predicted molar refractivity (Wildman–Crippen MR) is 71.1 cm³/mol. The number of H-pyrrole nitrogens is 1. The van der Waals surface area contributed by atoms with E-state index in [1.165, 1.54) is 0 Å². The van der Waals surface area contributed by atoms with Crippen molar-refractivity contribution in [1.82, 2.24) is 14.5 Å². The second-order valence-corrected chi connectivity index (χ2v) is 4.70. The lowest BCUT2D eigenvalue weighted by Gasteiger charge is -2.01. The molecule has 0 aromatic carbocycles. The summed E-state index contributed by atoms with van der Waals surface area (Å²) in [6, 6.07) is 3.87. The highest BCUT2D eigenvalue weighted by Crippen LogP contribution is 2.11. The van der Waals surface area contributed by atoms with Gasteiger partial charge in [-0.1, -0.05) is 5.92 Å². The van der Waals surface area contributed by atoms with Crippen LogP contribution in [0.2, 0.25) is 0 Å². The number of aryl methyl sites for hydroxylation is 1. The first-order chi connectivity index (χ1) is 7.83. The number of rotatable bonds is 4. The van der Waals surface area contributed by atoms with E-state index in [1.807, 2.05) is 16.7 Å². The maximum Gasteiger partial charge on any atom is 0.179 e. The number of nitrogens with zero attached hydrogens (tertiary/aromatic N) is 2. The van der Waals surface area contributed by atoms with Gasteiger partial charge in [-0.3, -0.25) is 0 Å². The summed E-state index contributed by atoms with van der Waals surface area (Å²) in [7, 11) is 0. The molecule has 1 N–H and O–H groups in total. The van der Waals surface area contributed by atoms with Crippen LogP contribution in [0.3, 0.4) is 0 Å². The summed E-state index contributed by atoms with van der Waals surface area (Å²) >= 11 is 6.97. The monoisotopic (exact) mass is 249 g/mol. The van der Waals surface area contributed by atoms with Crippen molar-refractivity contribution in [1.29, 1.82) is 0 Å². The second-order valence-electron chi connectivity index (χ2n) is 3.21. The Morgan fingerprint density at radius 3 is 3.31 bits per heavy atom. The molecule has 0 atom stereocenters. The van der Waals surface area contributed by atoms with Crippen LogP contribution in [0, 0.1) is 17.1 Å². The maximum atomic E-state index is 5.25. The van der Waals surface area contributed by atoms with E-state index < -0.39 is 0 Å². The van der Waals surface area contributed by atoms with Gasteiger partial charge in [-0.25, -0.2) is 4.98 Å². The molecule has 82 valence electrons. The van der Waals surface area contributed by atoms with E-state index in [4.69, 9.17) is 18.6 Å². The minimum absolute atomic E-state index is 0.718. The number of hydrogen-bond donors (Lipinski definition) is 1. The quantitative estimate of drug-likeness (QED) is 0.513. The van der Waals surface area contributed by atoms with Gasteiger partial charge in [-0.15, -0.1) is 18.2 Å². The minimum Gasteiger partial charge on any atom is -0.329 e. The number of fused-ring (bicyclic) bond motifs is 1. The van der Waals surface area contributed by atoms with Crippen molar-refractivity contribution in [2.75, 3.05) is 11.5 Å². The minimum atomic E-state index is 0.718. The zero-order valence-corrected chi connectivity index (χ0v) is 10.3. The number of aromatic nitrogens is 3. The number of aromatic amines is 1. The van der Waals surface area contributed by atoms with Crippen molar-refractivity contribution in [2.45, 2.75) is 6.54 Å². The first-order valence-electron chi connectivity index (χ1n) is 4.87. The molecule has 16 heavy (non-hydrogen) atoms. The van der Waals surface area contributed by atoms with Gasteiger partial charge in [-0.2, -0.15) is 0 Å². The summed E-state index contributed by atoms with van der Waals surface area (Å²) in [5.74, 6) is 4.29. The van der Waals surface area contributed by atoms with Crippen LogP contribution in [0.5, 0.6) is 0 Å². The van der Waals surface area contributed by atoms with Gasteiger partial charge < -0.3 is 9.55 Å². The van der Waals surface area contributed by atoms with Crippen LogP contribution >= 0.6 is 24.0 Å². The Bertz CT molecular complexity index is 577. The van der Waals surface area contributed by atoms with Gasteiger partial charge in [0.1, 0.15) is 0 Å². The zero-order valence-electron chi connectivity index (χ0n) is 8.64. The molecule has 0 aliphatic carbocycles. The maximum absolute atomic E-state index is 5.25. The van der Waals surface area contributed by atoms with Crippen LogP contribution < -0.4 is 0 Å². The molecule has 0 aliphatic heterocycles. The zero-order chi connectivity index (χ0) is 11.4. The second kappa shape index (κ2) is 5.19. The van der Waals surface area contributed by atoms with Crippen LogP contribution in [0.25, 0.3) is 11.2 Å². The molecule has 3 nitrogen and oxygen atoms in total. The van der Waals surface area contributed by atoms with Gasteiger partial charge in [0.15, 0.2) is 10.4 Å². The fourth-order valence-electron chi connectivity index (χ4n) is 1.48. The first kappa shape index (κ1) is 11.2. The Morgan fingerprint density at radius 1 is 1.62 bits per heavy atom. The molecular formula is C11H11N3S2. The third-order valence-electron chi connectivity index (χ3n) is 2.17. The number of pyridine rings is 1. The highest BCUT2D eigenvalue weighted by molar-refractivity contribution is 7.99. The Balaban J connectivity index is 2.20. The molecular weight excluding hydrogens is 238 g/mol. The molecule has 2 aromatic rings. The highest BCUT2D eigenvalue weighted by Gasteiger charge is 2.03. The van der Waals surface area contributed by atoms with Gasteiger partial charge >= 0.3 is 0 Å². The number of imidazole rings is 1. The molecule has 2 rings (SSSR count). The fourth-order valence-corrected chi connectivity index (χ4v) is 2.34. The van der Waals surface area contributed by atoms with Gasteiger partial charge in [0.05, 0.1) is 11.3 Å². The van der Waals surface area contributed by atoms with E-state index in [0.717, 1.165) is 34.0 Å². The smallest absolute Gasteiger partial charge is 0.179 e. The molecule has 5 heteroatoms. The average Bonchev–Trinajstić information content (AvgIpc) is 2.61. The van der Waals surface area contributed by atoms with Gasteiger partial charge in [-0.05, 0) is 24.4 Å². The summed E-state index contributed by atoms with van der Waals surface area (Å²) in [6.07, 6.45) is 6.97. The molecule has 0 aliphatic rings.